The number of aromatic amines is 1. The van der Waals surface area contributed by atoms with Crippen molar-refractivity contribution < 1.29 is 9.47 Å². The molecule has 0 fully saturated rings. The van der Waals surface area contributed by atoms with Gasteiger partial charge in [0, 0.05) is 17.8 Å². The Labute approximate surface area is 166 Å². The molecule has 0 atom stereocenters. The van der Waals surface area contributed by atoms with Crippen LogP contribution in [-0.4, -0.2) is 44.2 Å². The molecule has 0 unspecified atom stereocenters. The third kappa shape index (κ3) is 3.62. The minimum atomic E-state index is -0.345. The van der Waals surface area contributed by atoms with Gasteiger partial charge < -0.3 is 9.47 Å². The highest BCUT2D eigenvalue weighted by Crippen LogP contribution is 2.32. The Morgan fingerprint density at radius 2 is 1.93 bits per heavy atom. The number of rotatable bonds is 6. The molecule has 0 aliphatic carbocycles. The van der Waals surface area contributed by atoms with Crippen LogP contribution >= 0.6 is 0 Å². The van der Waals surface area contributed by atoms with Crippen LogP contribution in [0.25, 0.3) is 16.9 Å². The van der Waals surface area contributed by atoms with Gasteiger partial charge in [0.15, 0.2) is 0 Å². The smallest absolute Gasteiger partial charge is 0.361 e. The molecule has 29 heavy (non-hydrogen) atoms. The van der Waals surface area contributed by atoms with E-state index in [1.54, 1.807) is 18.9 Å². The predicted molar refractivity (Wildman–Crippen MR) is 107 cm³/mol. The van der Waals surface area contributed by atoms with Crippen LogP contribution in [0.3, 0.4) is 0 Å². The average molecular weight is 392 g/mol. The molecule has 0 aliphatic heterocycles. The largest absolute Gasteiger partial charge is 0.497 e. The monoisotopic (exact) mass is 392 g/mol. The van der Waals surface area contributed by atoms with Crippen molar-refractivity contribution in [2.75, 3.05) is 14.2 Å². The molecule has 2 heterocycles. The number of benzene rings is 2. The Morgan fingerprint density at radius 1 is 1.07 bits per heavy atom. The fourth-order valence-electron chi connectivity index (χ4n) is 3.07. The average Bonchev–Trinajstić information content (AvgIpc) is 3.38. The van der Waals surface area contributed by atoms with E-state index in [0.29, 0.717) is 12.3 Å². The van der Waals surface area contributed by atoms with Gasteiger partial charge in [0.05, 0.1) is 32.1 Å². The van der Waals surface area contributed by atoms with E-state index in [2.05, 4.69) is 15.5 Å². The van der Waals surface area contributed by atoms with Crippen molar-refractivity contribution in [1.29, 1.82) is 0 Å². The van der Waals surface area contributed by atoms with Gasteiger partial charge in [0.25, 0.3) is 0 Å². The van der Waals surface area contributed by atoms with Crippen molar-refractivity contribution in [2.24, 2.45) is 0 Å². The third-order valence-electron chi connectivity index (χ3n) is 4.72. The first-order valence-electron chi connectivity index (χ1n) is 8.95. The number of H-pyrrole nitrogens is 1. The van der Waals surface area contributed by atoms with Crippen LogP contribution in [0, 0.1) is 6.92 Å². The fourth-order valence-corrected chi connectivity index (χ4v) is 3.07. The quantitative estimate of drug-likeness (QED) is 0.540. The topological polar surface area (TPSA) is 99.9 Å². The Balaban J connectivity index is 1.67. The lowest BCUT2D eigenvalue weighted by Gasteiger charge is -2.10. The van der Waals surface area contributed by atoms with Gasteiger partial charge in [-0.1, -0.05) is 6.07 Å². The van der Waals surface area contributed by atoms with E-state index in [9.17, 15) is 4.79 Å². The Kier molecular flexibility index (Phi) is 4.86. The second-order valence-corrected chi connectivity index (χ2v) is 6.49. The zero-order valence-electron chi connectivity index (χ0n) is 16.3. The summed E-state index contributed by atoms with van der Waals surface area (Å²) in [6, 6.07) is 13.5. The molecule has 2 aromatic carbocycles. The van der Waals surface area contributed by atoms with Gasteiger partial charge in [-0.15, -0.1) is 0 Å². The minimum absolute atomic E-state index is 0.329. The Hall–Kier alpha value is -3.88. The molecule has 0 bridgehead atoms. The molecule has 4 aromatic rings. The highest BCUT2D eigenvalue weighted by atomic mass is 16.5. The maximum atomic E-state index is 11.7. The number of aromatic nitrogens is 6. The predicted octanol–water partition coefficient (Wildman–Crippen LogP) is 2.19. The van der Waals surface area contributed by atoms with Gasteiger partial charge in [-0.25, -0.2) is 14.6 Å². The van der Waals surface area contributed by atoms with E-state index in [4.69, 9.17) is 14.6 Å². The van der Waals surface area contributed by atoms with E-state index in [1.807, 2.05) is 55.6 Å². The maximum absolute atomic E-state index is 11.7. The summed E-state index contributed by atoms with van der Waals surface area (Å²) in [5.74, 6) is 1.40. The zero-order chi connectivity index (χ0) is 20.4. The summed E-state index contributed by atoms with van der Waals surface area (Å²) in [4.78, 5) is 11.7. The molecule has 0 spiro atoms. The van der Waals surface area contributed by atoms with Crippen molar-refractivity contribution in [1.82, 2.24) is 30.0 Å². The number of hydrogen-bond donors (Lipinski definition) is 1. The summed E-state index contributed by atoms with van der Waals surface area (Å²) < 4.78 is 13.8. The lowest BCUT2D eigenvalue weighted by Crippen LogP contribution is -2.19. The number of tetrazole rings is 1. The molecule has 1 N–H and O–H groups in total. The van der Waals surface area contributed by atoms with Crippen molar-refractivity contribution >= 4 is 0 Å². The van der Waals surface area contributed by atoms with Crippen molar-refractivity contribution in [3.63, 3.8) is 0 Å². The maximum Gasteiger partial charge on any atom is 0.361 e. The summed E-state index contributed by atoms with van der Waals surface area (Å²) in [5.41, 5.74) is 4.18. The SMILES string of the molecule is COc1ccc(-c2ccn(-c3ccc(C)c(Cn4nn[nH]c4=O)c3)n2)c(OC)c1. The molecule has 0 saturated carbocycles. The van der Waals surface area contributed by atoms with E-state index in [1.165, 1.54) is 4.68 Å². The molecule has 2 aromatic heterocycles. The highest BCUT2D eigenvalue weighted by molar-refractivity contribution is 5.68. The summed E-state index contributed by atoms with van der Waals surface area (Å²) in [6.07, 6.45) is 1.88. The lowest BCUT2D eigenvalue weighted by molar-refractivity contribution is 0.395. The number of nitrogens with zero attached hydrogens (tertiary/aromatic N) is 5. The minimum Gasteiger partial charge on any atom is -0.497 e. The lowest BCUT2D eigenvalue weighted by atomic mass is 10.1. The fraction of sp³-hybridized carbons (Fsp3) is 0.200. The van der Waals surface area contributed by atoms with Crippen LogP contribution in [0.5, 0.6) is 11.5 Å². The number of methoxy groups -OCH3 is 2. The van der Waals surface area contributed by atoms with Gasteiger partial charge >= 0.3 is 5.69 Å². The molecule has 4 rings (SSSR count). The van der Waals surface area contributed by atoms with Crippen molar-refractivity contribution in [2.45, 2.75) is 13.5 Å². The summed E-state index contributed by atoms with van der Waals surface area (Å²) in [5, 5.41) is 14.3. The normalized spacial score (nSPS) is 10.9. The Bertz CT molecular complexity index is 1210. The number of hydrogen-bond acceptors (Lipinski definition) is 6. The first-order valence-corrected chi connectivity index (χ1v) is 8.95. The molecule has 0 radical (unpaired) electrons. The summed E-state index contributed by atoms with van der Waals surface area (Å²) >= 11 is 0. The molecule has 0 amide bonds. The molecular formula is C20H20N6O3. The molecule has 9 heteroatoms. The number of ether oxygens (including phenoxy) is 2. The van der Waals surface area contributed by atoms with Crippen LogP contribution < -0.4 is 15.2 Å². The Morgan fingerprint density at radius 3 is 2.66 bits per heavy atom. The summed E-state index contributed by atoms with van der Waals surface area (Å²) in [6.45, 7) is 2.32. The zero-order valence-corrected chi connectivity index (χ0v) is 16.3. The van der Waals surface area contributed by atoms with E-state index in [0.717, 1.165) is 33.8 Å². The second-order valence-electron chi connectivity index (χ2n) is 6.49. The molecular weight excluding hydrogens is 372 g/mol. The van der Waals surface area contributed by atoms with Crippen LogP contribution in [-0.2, 0) is 6.54 Å². The number of aryl methyl sites for hydroxylation is 1. The second kappa shape index (κ2) is 7.63. The van der Waals surface area contributed by atoms with Gasteiger partial charge in [-0.2, -0.15) is 9.78 Å². The van der Waals surface area contributed by atoms with Crippen LogP contribution in [0.1, 0.15) is 11.1 Å². The van der Waals surface area contributed by atoms with Crippen molar-refractivity contribution in [3.8, 4) is 28.4 Å². The van der Waals surface area contributed by atoms with Crippen molar-refractivity contribution in [3.05, 3.63) is 70.3 Å². The molecule has 0 aliphatic rings. The van der Waals surface area contributed by atoms with E-state index in [-0.39, 0.29) is 5.69 Å². The standard InChI is InChI=1S/C20H20N6O3/c1-13-4-5-15(10-14(13)12-26-20(27)21-23-24-26)25-9-8-18(22-25)17-7-6-16(28-2)11-19(17)29-3/h4-11H,12H2,1-3H3,(H,21,24,27). The number of nitrogens with one attached hydrogen (secondary N) is 1. The first kappa shape index (κ1) is 18.5. The van der Waals surface area contributed by atoms with Gasteiger partial charge in [0.2, 0.25) is 0 Å². The van der Waals surface area contributed by atoms with Gasteiger partial charge in [-0.3, -0.25) is 0 Å². The van der Waals surface area contributed by atoms with Crippen LogP contribution in [0.15, 0.2) is 53.5 Å². The van der Waals surface area contributed by atoms with Crippen LogP contribution in [0.2, 0.25) is 0 Å². The third-order valence-corrected chi connectivity index (χ3v) is 4.72. The van der Waals surface area contributed by atoms with E-state index >= 15 is 0 Å². The molecule has 0 saturated heterocycles. The van der Waals surface area contributed by atoms with Crippen LogP contribution in [0.4, 0.5) is 0 Å². The first-order chi connectivity index (χ1) is 14.1. The summed E-state index contributed by atoms with van der Waals surface area (Å²) in [7, 11) is 3.23. The molecule has 9 nitrogen and oxygen atoms in total. The van der Waals surface area contributed by atoms with E-state index < -0.39 is 0 Å². The van der Waals surface area contributed by atoms with Gasteiger partial charge in [0.1, 0.15) is 11.5 Å². The highest BCUT2D eigenvalue weighted by Gasteiger charge is 2.12. The molecule has 148 valence electrons. The van der Waals surface area contributed by atoms with Gasteiger partial charge in [-0.05, 0) is 58.8 Å².